The molecular formula is C58H78S. The van der Waals surface area contributed by atoms with Crippen molar-refractivity contribution in [3.63, 3.8) is 0 Å². The number of hydrogen-bond donors (Lipinski definition) is 1. The average molecular weight is 807 g/mol. The van der Waals surface area contributed by atoms with Crippen LogP contribution in [0.5, 0.6) is 0 Å². The van der Waals surface area contributed by atoms with Gasteiger partial charge in [-0.05, 0) is 136 Å². The molecule has 0 fully saturated rings. The highest BCUT2D eigenvalue weighted by molar-refractivity contribution is 7.80. The number of allylic oxidation sites excluding steroid dienone is 3. The van der Waals surface area contributed by atoms with E-state index in [1.807, 2.05) is 6.08 Å². The fraction of sp³-hybridized carbons (Fsp3) is 0.414. The molecular weight excluding hydrogens is 729 g/mol. The minimum Gasteiger partial charge on any atom is -0.178 e. The maximum Gasteiger partial charge on any atom is 0.0137 e. The quantitative estimate of drug-likeness (QED) is 0.128. The minimum atomic E-state index is 0.179. The van der Waals surface area contributed by atoms with Gasteiger partial charge in [0, 0.05) is 11.7 Å². The standard InChI is InChI=1S/2C22H30.C14H18S/c2*1-15-9-11-17(21(3,4)5)13-19(15)20-14-18(22(6,7)8)12-10-16(20)2;1-4-6-12(3)14(10-15)13-8-5-7-11(2)9-13/h2*9-14H,1-8H3;4-9,14-15H,1,10H2,2-3H3/b;;12-6-. The molecule has 0 spiro atoms. The highest BCUT2D eigenvalue weighted by atomic mass is 32.1. The zero-order valence-electron chi connectivity index (χ0n) is 40.3. The summed E-state index contributed by atoms with van der Waals surface area (Å²) in [6, 6.07) is 36.2. The maximum atomic E-state index is 4.42. The lowest BCUT2D eigenvalue weighted by atomic mass is 9.81. The average Bonchev–Trinajstić information content (AvgIpc) is 3.12. The van der Waals surface area contributed by atoms with Gasteiger partial charge in [0.25, 0.3) is 0 Å². The molecule has 0 amide bonds. The third-order valence-corrected chi connectivity index (χ3v) is 11.9. The molecule has 0 nitrogen and oxygen atoms in total. The first-order valence-corrected chi connectivity index (χ1v) is 22.2. The number of aryl methyl sites for hydroxylation is 5. The van der Waals surface area contributed by atoms with Crippen LogP contribution >= 0.6 is 12.6 Å². The Kier molecular flexibility index (Phi) is 16.7. The predicted molar refractivity (Wildman–Crippen MR) is 269 cm³/mol. The van der Waals surface area contributed by atoms with E-state index >= 15 is 0 Å². The third kappa shape index (κ3) is 13.7. The Morgan fingerprint density at radius 2 is 0.797 bits per heavy atom. The van der Waals surface area contributed by atoms with Crippen LogP contribution in [0.4, 0.5) is 0 Å². The van der Waals surface area contributed by atoms with Crippen molar-refractivity contribution in [2.75, 3.05) is 5.75 Å². The fourth-order valence-corrected chi connectivity index (χ4v) is 7.71. The molecule has 316 valence electrons. The summed E-state index contributed by atoms with van der Waals surface area (Å²) >= 11 is 4.42. The van der Waals surface area contributed by atoms with Crippen LogP contribution in [0.2, 0.25) is 0 Å². The predicted octanol–water partition coefficient (Wildman–Crippen LogP) is 17.3. The topological polar surface area (TPSA) is 0 Å². The third-order valence-electron chi connectivity index (χ3n) is 11.6. The number of rotatable bonds is 6. The molecule has 0 heterocycles. The second-order valence-corrected chi connectivity index (χ2v) is 21.3. The van der Waals surface area contributed by atoms with Gasteiger partial charge < -0.3 is 0 Å². The molecule has 0 N–H and O–H groups in total. The lowest BCUT2D eigenvalue weighted by molar-refractivity contribution is 0.589. The van der Waals surface area contributed by atoms with Gasteiger partial charge >= 0.3 is 0 Å². The van der Waals surface area contributed by atoms with E-state index in [2.05, 4.69) is 247 Å². The monoisotopic (exact) mass is 807 g/mol. The molecule has 0 aliphatic heterocycles. The largest absolute Gasteiger partial charge is 0.178 e. The summed E-state index contributed by atoms with van der Waals surface area (Å²) in [7, 11) is 0. The van der Waals surface area contributed by atoms with Gasteiger partial charge in [0.2, 0.25) is 0 Å². The molecule has 0 saturated heterocycles. The molecule has 1 atom stereocenters. The van der Waals surface area contributed by atoms with Crippen molar-refractivity contribution in [3.05, 3.63) is 177 Å². The van der Waals surface area contributed by atoms with Gasteiger partial charge in [-0.25, -0.2) is 0 Å². The molecule has 0 saturated carbocycles. The lowest BCUT2D eigenvalue weighted by Gasteiger charge is -2.23. The van der Waals surface area contributed by atoms with Gasteiger partial charge in [0.05, 0.1) is 0 Å². The molecule has 59 heavy (non-hydrogen) atoms. The van der Waals surface area contributed by atoms with E-state index in [-0.39, 0.29) is 21.7 Å². The van der Waals surface area contributed by atoms with Gasteiger partial charge in [-0.2, -0.15) is 12.6 Å². The highest BCUT2D eigenvalue weighted by Crippen LogP contribution is 2.36. The van der Waals surface area contributed by atoms with Crippen molar-refractivity contribution in [2.45, 2.75) is 152 Å². The van der Waals surface area contributed by atoms with Crippen molar-refractivity contribution in [2.24, 2.45) is 0 Å². The van der Waals surface area contributed by atoms with E-state index in [1.165, 1.54) is 83.5 Å². The fourth-order valence-electron chi connectivity index (χ4n) is 7.22. The van der Waals surface area contributed by atoms with E-state index in [4.69, 9.17) is 0 Å². The van der Waals surface area contributed by atoms with Crippen LogP contribution in [-0.4, -0.2) is 5.75 Å². The summed E-state index contributed by atoms with van der Waals surface area (Å²) in [5, 5.41) is 0. The Bertz CT molecular complexity index is 1970. The maximum absolute atomic E-state index is 4.42. The zero-order valence-corrected chi connectivity index (χ0v) is 41.2. The molecule has 0 aromatic heterocycles. The summed E-state index contributed by atoms with van der Waals surface area (Å²) in [6.07, 6.45) is 3.89. The van der Waals surface area contributed by atoms with Crippen LogP contribution in [0.1, 0.15) is 152 Å². The van der Waals surface area contributed by atoms with Crippen molar-refractivity contribution in [3.8, 4) is 22.3 Å². The minimum absolute atomic E-state index is 0.179. The second kappa shape index (κ2) is 20.0. The smallest absolute Gasteiger partial charge is 0.0137 e. The number of thiol groups is 1. The molecule has 5 aromatic carbocycles. The summed E-state index contributed by atoms with van der Waals surface area (Å²) in [6.45, 7) is 44.2. The van der Waals surface area contributed by atoms with Crippen LogP contribution in [0, 0.1) is 34.6 Å². The normalized spacial score (nSPS) is 12.8. The Morgan fingerprint density at radius 3 is 1.03 bits per heavy atom. The van der Waals surface area contributed by atoms with Crippen molar-refractivity contribution in [1.82, 2.24) is 0 Å². The SMILES string of the molecule is C=C/C=C(/C)C(CS)c1cccc(C)c1.Cc1ccc(C(C)(C)C)cc1-c1cc(C(C)(C)C)ccc1C.Cc1ccc(C(C)(C)C)cc1-c1cc(C(C)(C)C)ccc1C. The first-order chi connectivity index (χ1) is 27.2. The number of benzene rings is 5. The Balaban J connectivity index is 0.000000242. The summed E-state index contributed by atoms with van der Waals surface area (Å²) in [5.41, 5.74) is 21.1. The summed E-state index contributed by atoms with van der Waals surface area (Å²) in [5.74, 6) is 1.23. The summed E-state index contributed by atoms with van der Waals surface area (Å²) < 4.78 is 0. The van der Waals surface area contributed by atoms with E-state index in [0.717, 1.165) is 5.75 Å². The van der Waals surface area contributed by atoms with E-state index in [9.17, 15) is 0 Å². The molecule has 1 unspecified atom stereocenters. The number of hydrogen-bond acceptors (Lipinski definition) is 1. The first kappa shape index (κ1) is 49.3. The molecule has 5 rings (SSSR count). The van der Waals surface area contributed by atoms with Crippen LogP contribution < -0.4 is 0 Å². The summed E-state index contributed by atoms with van der Waals surface area (Å²) in [4.78, 5) is 0. The second-order valence-electron chi connectivity index (χ2n) is 20.9. The first-order valence-electron chi connectivity index (χ1n) is 21.6. The van der Waals surface area contributed by atoms with Gasteiger partial charge in [-0.1, -0.05) is 210 Å². The van der Waals surface area contributed by atoms with Gasteiger partial charge in [-0.15, -0.1) is 0 Å². The van der Waals surface area contributed by atoms with E-state index in [1.54, 1.807) is 0 Å². The molecule has 0 aliphatic rings. The van der Waals surface area contributed by atoms with Crippen LogP contribution in [0.15, 0.2) is 121 Å². The van der Waals surface area contributed by atoms with E-state index < -0.39 is 0 Å². The lowest BCUT2D eigenvalue weighted by Crippen LogP contribution is -2.12. The molecule has 0 bridgehead atoms. The molecule has 1 heteroatoms. The van der Waals surface area contributed by atoms with Crippen LogP contribution in [0.3, 0.4) is 0 Å². The highest BCUT2D eigenvalue weighted by Gasteiger charge is 2.21. The Hall–Kier alpha value is -4.07. The van der Waals surface area contributed by atoms with Crippen molar-refractivity contribution >= 4 is 12.6 Å². The Labute approximate surface area is 368 Å². The van der Waals surface area contributed by atoms with Crippen LogP contribution in [0.25, 0.3) is 22.3 Å². The van der Waals surface area contributed by atoms with Crippen molar-refractivity contribution < 1.29 is 0 Å². The Morgan fingerprint density at radius 1 is 0.492 bits per heavy atom. The van der Waals surface area contributed by atoms with Crippen LogP contribution in [-0.2, 0) is 21.7 Å². The van der Waals surface area contributed by atoms with Gasteiger partial charge in [-0.3, -0.25) is 0 Å². The molecule has 0 radical (unpaired) electrons. The van der Waals surface area contributed by atoms with Crippen molar-refractivity contribution in [1.29, 1.82) is 0 Å². The zero-order chi connectivity index (χ0) is 44.7. The van der Waals surface area contributed by atoms with Gasteiger partial charge in [0.15, 0.2) is 0 Å². The van der Waals surface area contributed by atoms with Gasteiger partial charge in [0.1, 0.15) is 0 Å². The molecule has 0 aliphatic carbocycles. The van der Waals surface area contributed by atoms with E-state index in [0.29, 0.717) is 5.92 Å². The molecule has 5 aromatic rings.